The maximum Gasteiger partial charge on any atom is 0.416 e. The minimum Gasteiger partial charge on any atom is -0.487 e. The van der Waals surface area contributed by atoms with Gasteiger partial charge < -0.3 is 9.47 Å². The van der Waals surface area contributed by atoms with Gasteiger partial charge in [0.15, 0.2) is 5.78 Å². The van der Waals surface area contributed by atoms with E-state index in [9.17, 15) is 18.0 Å². The first-order chi connectivity index (χ1) is 8.41. The van der Waals surface area contributed by atoms with Gasteiger partial charge in [-0.1, -0.05) is 0 Å². The Morgan fingerprint density at radius 1 is 1.44 bits per heavy atom. The van der Waals surface area contributed by atoms with E-state index >= 15 is 0 Å². The van der Waals surface area contributed by atoms with E-state index in [1.807, 2.05) is 0 Å². The molecule has 0 spiro atoms. The number of Topliss-reactive ketones (excluding diaryl/α,β-unsaturated/α-hetero) is 1. The maximum atomic E-state index is 12.5. The molecule has 98 valence electrons. The number of hydrogen-bond acceptors (Lipinski definition) is 3. The first-order valence-corrected chi connectivity index (χ1v) is 5.32. The lowest BCUT2D eigenvalue weighted by atomic mass is 9.99. The monoisotopic (exact) mass is 260 g/mol. The van der Waals surface area contributed by atoms with Crippen LogP contribution in [-0.4, -0.2) is 25.6 Å². The first-order valence-electron chi connectivity index (χ1n) is 5.32. The molecule has 3 nitrogen and oxygen atoms in total. The number of ether oxygens (including phenoxy) is 2. The molecular weight excluding hydrogens is 249 g/mol. The van der Waals surface area contributed by atoms with Crippen molar-refractivity contribution in [1.82, 2.24) is 0 Å². The molecule has 2 rings (SSSR count). The summed E-state index contributed by atoms with van der Waals surface area (Å²) in [5.41, 5.74) is -0.637. The van der Waals surface area contributed by atoms with Gasteiger partial charge in [0.2, 0.25) is 0 Å². The van der Waals surface area contributed by atoms with Crippen LogP contribution >= 0.6 is 0 Å². The zero-order valence-corrected chi connectivity index (χ0v) is 9.58. The lowest BCUT2D eigenvalue weighted by molar-refractivity contribution is -0.137. The molecule has 1 atom stereocenters. The van der Waals surface area contributed by atoms with Crippen LogP contribution in [0.25, 0.3) is 0 Å². The first kappa shape index (κ1) is 12.9. The highest BCUT2D eigenvalue weighted by molar-refractivity contribution is 6.00. The molecule has 0 saturated carbocycles. The topological polar surface area (TPSA) is 35.5 Å². The van der Waals surface area contributed by atoms with Crippen LogP contribution in [0, 0.1) is 0 Å². The molecule has 0 saturated heterocycles. The molecule has 0 aromatic heterocycles. The van der Waals surface area contributed by atoms with Gasteiger partial charge in [0.25, 0.3) is 0 Å². The Hall–Kier alpha value is -1.56. The largest absolute Gasteiger partial charge is 0.487 e. The van der Waals surface area contributed by atoms with Crippen molar-refractivity contribution in [2.75, 3.05) is 13.7 Å². The number of hydrogen-bond donors (Lipinski definition) is 0. The molecule has 1 aromatic carbocycles. The van der Waals surface area contributed by atoms with Crippen molar-refractivity contribution in [3.63, 3.8) is 0 Å². The predicted molar refractivity (Wildman–Crippen MR) is 56.7 cm³/mol. The van der Waals surface area contributed by atoms with E-state index in [-0.39, 0.29) is 30.1 Å². The summed E-state index contributed by atoms with van der Waals surface area (Å²) >= 11 is 0. The van der Waals surface area contributed by atoms with Gasteiger partial charge in [-0.15, -0.1) is 0 Å². The molecule has 0 aliphatic carbocycles. The van der Waals surface area contributed by atoms with Gasteiger partial charge in [0.05, 0.1) is 24.2 Å². The molecule has 1 heterocycles. The van der Waals surface area contributed by atoms with Gasteiger partial charge in [0, 0.05) is 7.11 Å². The highest BCUT2D eigenvalue weighted by Gasteiger charge is 2.34. The van der Waals surface area contributed by atoms with Crippen molar-refractivity contribution < 1.29 is 27.4 Å². The van der Waals surface area contributed by atoms with Crippen molar-refractivity contribution in [2.24, 2.45) is 0 Å². The SMILES string of the molecule is COCC1CC(=O)c2ccc(C(F)(F)F)cc2O1. The van der Waals surface area contributed by atoms with Crippen molar-refractivity contribution in [3.8, 4) is 5.75 Å². The van der Waals surface area contributed by atoms with Gasteiger partial charge in [0.1, 0.15) is 11.9 Å². The third-order valence-corrected chi connectivity index (χ3v) is 2.67. The molecule has 0 fully saturated rings. The second kappa shape index (κ2) is 4.61. The van der Waals surface area contributed by atoms with Gasteiger partial charge in [-0.3, -0.25) is 4.79 Å². The van der Waals surface area contributed by atoms with Crippen LogP contribution in [0.3, 0.4) is 0 Å². The van der Waals surface area contributed by atoms with Crippen molar-refractivity contribution in [2.45, 2.75) is 18.7 Å². The predicted octanol–water partition coefficient (Wildman–Crippen LogP) is 2.69. The molecule has 0 amide bonds. The zero-order chi connectivity index (χ0) is 13.3. The van der Waals surface area contributed by atoms with Crippen LogP contribution in [0.5, 0.6) is 5.75 Å². The molecular formula is C12H11F3O3. The summed E-state index contributed by atoms with van der Waals surface area (Å²) in [5.74, 6) is -0.254. The fraction of sp³-hybridized carbons (Fsp3) is 0.417. The number of fused-ring (bicyclic) bond motifs is 1. The van der Waals surface area contributed by atoms with E-state index in [0.29, 0.717) is 0 Å². The Bertz CT molecular complexity index is 468. The van der Waals surface area contributed by atoms with E-state index in [4.69, 9.17) is 9.47 Å². The fourth-order valence-corrected chi connectivity index (χ4v) is 1.84. The average Bonchev–Trinajstić information content (AvgIpc) is 2.27. The summed E-state index contributed by atoms with van der Waals surface area (Å²) in [5, 5.41) is 0. The Morgan fingerprint density at radius 2 is 2.17 bits per heavy atom. The molecule has 1 aromatic rings. The standard InChI is InChI=1S/C12H11F3O3/c1-17-6-8-5-10(16)9-3-2-7(12(13,14)15)4-11(9)18-8/h2-4,8H,5-6H2,1H3. The number of methoxy groups -OCH3 is 1. The van der Waals surface area contributed by atoms with Crippen LogP contribution in [0.4, 0.5) is 13.2 Å². The number of rotatable bonds is 2. The van der Waals surface area contributed by atoms with Gasteiger partial charge in [-0.2, -0.15) is 13.2 Å². The Morgan fingerprint density at radius 3 is 2.78 bits per heavy atom. The summed E-state index contributed by atoms with van der Waals surface area (Å²) in [7, 11) is 1.44. The molecule has 0 bridgehead atoms. The lowest BCUT2D eigenvalue weighted by Gasteiger charge is -2.25. The summed E-state index contributed by atoms with van der Waals surface area (Å²) in [4.78, 5) is 11.7. The van der Waals surface area contributed by atoms with Gasteiger partial charge in [-0.05, 0) is 18.2 Å². The second-order valence-corrected chi connectivity index (χ2v) is 4.03. The van der Waals surface area contributed by atoms with E-state index in [0.717, 1.165) is 18.2 Å². The third kappa shape index (κ3) is 2.48. The summed E-state index contributed by atoms with van der Waals surface area (Å²) in [6.07, 6.45) is -4.86. The van der Waals surface area contributed by atoms with E-state index in [1.165, 1.54) is 7.11 Å². The highest BCUT2D eigenvalue weighted by atomic mass is 19.4. The fourth-order valence-electron chi connectivity index (χ4n) is 1.84. The highest BCUT2D eigenvalue weighted by Crippen LogP contribution is 2.35. The second-order valence-electron chi connectivity index (χ2n) is 4.03. The molecule has 1 aliphatic rings. The molecule has 0 N–H and O–H groups in total. The third-order valence-electron chi connectivity index (χ3n) is 2.67. The Labute approximate surface area is 102 Å². The van der Waals surface area contributed by atoms with Crippen LogP contribution in [0.1, 0.15) is 22.3 Å². The van der Waals surface area contributed by atoms with Gasteiger partial charge in [-0.25, -0.2) is 0 Å². The minimum absolute atomic E-state index is 0.0249. The van der Waals surface area contributed by atoms with Crippen LogP contribution in [0.2, 0.25) is 0 Å². The molecule has 0 radical (unpaired) electrons. The molecule has 1 aliphatic heterocycles. The number of carbonyl (C=O) groups excluding carboxylic acids is 1. The number of ketones is 1. The number of benzene rings is 1. The number of alkyl halides is 3. The van der Waals surface area contributed by atoms with E-state index in [1.54, 1.807) is 0 Å². The van der Waals surface area contributed by atoms with Crippen LogP contribution < -0.4 is 4.74 Å². The van der Waals surface area contributed by atoms with Crippen LogP contribution in [-0.2, 0) is 10.9 Å². The van der Waals surface area contributed by atoms with Crippen LogP contribution in [0.15, 0.2) is 18.2 Å². The molecule has 1 unspecified atom stereocenters. The number of halogens is 3. The summed E-state index contributed by atoms with van der Waals surface area (Å²) < 4.78 is 47.8. The lowest BCUT2D eigenvalue weighted by Crippen LogP contribution is -2.30. The maximum absolute atomic E-state index is 12.5. The normalized spacial score (nSPS) is 19.3. The zero-order valence-electron chi connectivity index (χ0n) is 9.58. The van der Waals surface area contributed by atoms with Crippen molar-refractivity contribution >= 4 is 5.78 Å². The van der Waals surface area contributed by atoms with E-state index < -0.39 is 17.8 Å². The average molecular weight is 260 g/mol. The van der Waals surface area contributed by atoms with Gasteiger partial charge >= 0.3 is 6.18 Å². The summed E-state index contributed by atoms with van der Waals surface area (Å²) in [6.45, 7) is 0.168. The summed E-state index contributed by atoms with van der Waals surface area (Å²) in [6, 6.07) is 2.90. The smallest absolute Gasteiger partial charge is 0.416 e. The van der Waals surface area contributed by atoms with Crippen molar-refractivity contribution in [1.29, 1.82) is 0 Å². The quantitative estimate of drug-likeness (QED) is 0.820. The van der Waals surface area contributed by atoms with Crippen molar-refractivity contribution in [3.05, 3.63) is 29.3 Å². The Balaban J connectivity index is 2.34. The number of carbonyl (C=O) groups is 1. The minimum atomic E-state index is -4.45. The molecule has 6 heteroatoms. The van der Waals surface area contributed by atoms with E-state index in [2.05, 4.69) is 0 Å². The Kier molecular flexibility index (Phi) is 3.30. The molecule has 18 heavy (non-hydrogen) atoms.